The lowest BCUT2D eigenvalue weighted by atomic mass is 9.89. The molecular formula is C16H23BN3O4. The zero-order valence-corrected chi connectivity index (χ0v) is 14.3. The predicted molar refractivity (Wildman–Crippen MR) is 92.4 cm³/mol. The molecule has 1 radical (unpaired) electrons. The number of hydrogen-bond acceptors (Lipinski definition) is 4. The zero-order chi connectivity index (χ0) is 17.7. The Bertz CT molecular complexity index is 578. The normalized spacial score (nSPS) is 15.0. The third-order valence-electron chi connectivity index (χ3n) is 3.53. The molecule has 0 saturated carbocycles. The van der Waals surface area contributed by atoms with Crippen LogP contribution in [0, 0.1) is 0 Å². The second kappa shape index (κ2) is 7.57. The lowest BCUT2D eigenvalue weighted by molar-refractivity contribution is 0.0174. The summed E-state index contributed by atoms with van der Waals surface area (Å²) in [7, 11) is 1.00. The fourth-order valence-corrected chi connectivity index (χ4v) is 2.27. The summed E-state index contributed by atoms with van der Waals surface area (Å²) in [5, 5.41) is 11.7. The Morgan fingerprint density at radius 3 is 2.12 bits per heavy atom. The molecule has 129 valence electrons. The molecule has 1 aliphatic rings. The number of anilines is 1. The number of nitrogens with one attached hydrogen (secondary N) is 1. The minimum absolute atomic E-state index is 0.209. The molecule has 2 rings (SSSR count). The van der Waals surface area contributed by atoms with Gasteiger partial charge in [-0.25, -0.2) is 9.59 Å². The standard InChI is InChI=1S/C16H23BN3O4/c1-16(2,3)24-15(22)20-10-8-19(9-11-20)14(21)18-13-6-4-12(17-23)5-7-13/h4-7,23H,8-11H2,1-3H3,(H,18,21). The van der Waals surface area contributed by atoms with E-state index in [0.29, 0.717) is 37.3 Å². The van der Waals surface area contributed by atoms with E-state index in [1.165, 1.54) is 0 Å². The maximum atomic E-state index is 12.3. The molecule has 0 bridgehead atoms. The van der Waals surface area contributed by atoms with Gasteiger partial charge in [0.15, 0.2) is 0 Å². The van der Waals surface area contributed by atoms with Crippen LogP contribution in [0.15, 0.2) is 24.3 Å². The molecule has 1 aromatic carbocycles. The van der Waals surface area contributed by atoms with Gasteiger partial charge >= 0.3 is 19.6 Å². The molecule has 0 spiro atoms. The number of hydrogen-bond donors (Lipinski definition) is 2. The highest BCUT2D eigenvalue weighted by Gasteiger charge is 2.27. The van der Waals surface area contributed by atoms with E-state index in [4.69, 9.17) is 9.76 Å². The second-order valence-electron chi connectivity index (χ2n) is 6.64. The first-order valence-corrected chi connectivity index (χ1v) is 7.90. The lowest BCUT2D eigenvalue weighted by Crippen LogP contribution is -2.52. The molecule has 1 aromatic rings. The largest absolute Gasteiger partial charge is 0.450 e. The quantitative estimate of drug-likeness (QED) is 0.792. The van der Waals surface area contributed by atoms with Crippen molar-refractivity contribution in [3.05, 3.63) is 24.3 Å². The summed E-state index contributed by atoms with van der Waals surface area (Å²) in [6.45, 7) is 7.28. The van der Waals surface area contributed by atoms with Gasteiger partial charge in [0, 0.05) is 31.9 Å². The number of nitrogens with zero attached hydrogens (tertiary/aromatic N) is 2. The first kappa shape index (κ1) is 18.1. The Balaban J connectivity index is 1.82. The Kier molecular flexibility index (Phi) is 5.72. The zero-order valence-electron chi connectivity index (χ0n) is 14.3. The van der Waals surface area contributed by atoms with Gasteiger partial charge in [-0.05, 0) is 32.9 Å². The van der Waals surface area contributed by atoms with Crippen LogP contribution in [0.5, 0.6) is 0 Å². The van der Waals surface area contributed by atoms with Crippen molar-refractivity contribution in [1.82, 2.24) is 9.80 Å². The molecule has 24 heavy (non-hydrogen) atoms. The first-order valence-electron chi connectivity index (χ1n) is 7.90. The third kappa shape index (κ3) is 5.16. The highest BCUT2D eigenvalue weighted by molar-refractivity contribution is 6.45. The molecule has 0 atom stereocenters. The van der Waals surface area contributed by atoms with Crippen LogP contribution in [-0.2, 0) is 4.74 Å². The van der Waals surface area contributed by atoms with E-state index in [1.807, 2.05) is 20.8 Å². The second-order valence-corrected chi connectivity index (χ2v) is 6.64. The van der Waals surface area contributed by atoms with Gasteiger partial charge in [-0.1, -0.05) is 17.6 Å². The maximum absolute atomic E-state index is 12.3. The van der Waals surface area contributed by atoms with Crippen molar-refractivity contribution in [2.45, 2.75) is 26.4 Å². The maximum Gasteiger partial charge on any atom is 0.410 e. The van der Waals surface area contributed by atoms with E-state index in [-0.39, 0.29) is 12.1 Å². The molecule has 1 saturated heterocycles. The molecule has 2 N–H and O–H groups in total. The average Bonchev–Trinajstić information content (AvgIpc) is 2.54. The van der Waals surface area contributed by atoms with Gasteiger partial charge < -0.3 is 24.9 Å². The van der Waals surface area contributed by atoms with Crippen LogP contribution in [-0.4, -0.2) is 66.2 Å². The Labute approximate surface area is 142 Å². The minimum Gasteiger partial charge on any atom is -0.450 e. The summed E-state index contributed by atoms with van der Waals surface area (Å²) < 4.78 is 5.33. The van der Waals surface area contributed by atoms with Gasteiger partial charge in [-0.15, -0.1) is 0 Å². The van der Waals surface area contributed by atoms with Crippen molar-refractivity contribution in [3.8, 4) is 0 Å². The van der Waals surface area contributed by atoms with Gasteiger partial charge in [-0.2, -0.15) is 0 Å². The fraction of sp³-hybridized carbons (Fsp3) is 0.500. The number of benzene rings is 1. The first-order chi connectivity index (χ1) is 11.3. The summed E-state index contributed by atoms with van der Waals surface area (Å²) in [5.74, 6) is 0. The van der Waals surface area contributed by atoms with E-state index >= 15 is 0 Å². The van der Waals surface area contributed by atoms with Crippen molar-refractivity contribution in [2.75, 3.05) is 31.5 Å². The number of ether oxygens (including phenoxy) is 1. The monoisotopic (exact) mass is 332 g/mol. The predicted octanol–water partition coefficient (Wildman–Crippen LogP) is 1.01. The van der Waals surface area contributed by atoms with Gasteiger partial charge in [0.25, 0.3) is 0 Å². The molecule has 0 aromatic heterocycles. The Morgan fingerprint density at radius 1 is 1.08 bits per heavy atom. The van der Waals surface area contributed by atoms with Gasteiger partial charge in [-0.3, -0.25) is 0 Å². The van der Waals surface area contributed by atoms with Crippen LogP contribution in [0.1, 0.15) is 20.8 Å². The number of amides is 3. The number of urea groups is 1. The topological polar surface area (TPSA) is 82.1 Å². The summed E-state index contributed by atoms with van der Waals surface area (Å²) in [5.41, 5.74) is 0.795. The number of carbonyl (C=O) groups is 2. The van der Waals surface area contributed by atoms with Crippen molar-refractivity contribution >= 4 is 30.8 Å². The van der Waals surface area contributed by atoms with Gasteiger partial charge in [0.1, 0.15) is 5.60 Å². The third-order valence-corrected chi connectivity index (χ3v) is 3.53. The van der Waals surface area contributed by atoms with Crippen molar-refractivity contribution in [2.24, 2.45) is 0 Å². The number of rotatable bonds is 2. The summed E-state index contributed by atoms with van der Waals surface area (Å²) in [6, 6.07) is 6.64. The SMILES string of the molecule is CC(C)(C)OC(=O)N1CCN(C(=O)Nc2ccc([B]O)cc2)CC1. The smallest absolute Gasteiger partial charge is 0.410 e. The van der Waals surface area contributed by atoms with Crippen LogP contribution in [0.2, 0.25) is 0 Å². The van der Waals surface area contributed by atoms with Crippen LogP contribution < -0.4 is 10.8 Å². The molecule has 1 aliphatic heterocycles. The van der Waals surface area contributed by atoms with Crippen molar-refractivity contribution in [3.63, 3.8) is 0 Å². The van der Waals surface area contributed by atoms with E-state index in [9.17, 15) is 9.59 Å². The molecule has 0 unspecified atom stereocenters. The minimum atomic E-state index is -0.524. The average molecular weight is 332 g/mol. The van der Waals surface area contributed by atoms with Crippen LogP contribution >= 0.6 is 0 Å². The van der Waals surface area contributed by atoms with E-state index in [2.05, 4.69) is 5.32 Å². The fourth-order valence-electron chi connectivity index (χ4n) is 2.27. The van der Waals surface area contributed by atoms with Crippen molar-refractivity contribution < 1.29 is 19.3 Å². The summed E-state index contributed by atoms with van der Waals surface area (Å²) in [4.78, 5) is 27.5. The summed E-state index contributed by atoms with van der Waals surface area (Å²) >= 11 is 0. The molecule has 3 amide bonds. The van der Waals surface area contributed by atoms with Crippen LogP contribution in [0.25, 0.3) is 0 Å². The highest BCUT2D eigenvalue weighted by Crippen LogP contribution is 2.13. The number of carbonyl (C=O) groups excluding carboxylic acids is 2. The molecule has 0 aliphatic carbocycles. The van der Waals surface area contributed by atoms with Crippen LogP contribution in [0.3, 0.4) is 0 Å². The van der Waals surface area contributed by atoms with Gasteiger partial charge in [0.2, 0.25) is 0 Å². The Morgan fingerprint density at radius 2 is 1.62 bits per heavy atom. The van der Waals surface area contributed by atoms with Crippen LogP contribution in [0.4, 0.5) is 15.3 Å². The van der Waals surface area contributed by atoms with Gasteiger partial charge in [0.05, 0.1) is 0 Å². The molecule has 8 heteroatoms. The highest BCUT2D eigenvalue weighted by atomic mass is 16.6. The van der Waals surface area contributed by atoms with E-state index < -0.39 is 5.60 Å². The molecule has 7 nitrogen and oxygen atoms in total. The Hall–Kier alpha value is -2.22. The van der Waals surface area contributed by atoms with E-state index in [1.54, 1.807) is 34.1 Å². The molecular weight excluding hydrogens is 309 g/mol. The lowest BCUT2D eigenvalue weighted by Gasteiger charge is -2.35. The number of piperazine rings is 1. The molecule has 1 fully saturated rings. The molecule has 1 heterocycles. The summed E-state index contributed by atoms with van der Waals surface area (Å²) in [6.07, 6.45) is -0.349. The van der Waals surface area contributed by atoms with E-state index in [0.717, 1.165) is 7.48 Å². The van der Waals surface area contributed by atoms with Crippen molar-refractivity contribution in [1.29, 1.82) is 0 Å².